The summed E-state index contributed by atoms with van der Waals surface area (Å²) in [5.41, 5.74) is 2.17. The Labute approximate surface area is 137 Å². The van der Waals surface area contributed by atoms with Crippen LogP contribution in [0.5, 0.6) is 0 Å². The number of nitrogens with zero attached hydrogens (tertiary/aromatic N) is 2. The largest absolute Gasteiger partial charge is 0.264 e. The van der Waals surface area contributed by atoms with Gasteiger partial charge in [-0.05, 0) is 37.3 Å². The van der Waals surface area contributed by atoms with Crippen LogP contribution in [0.15, 0.2) is 24.3 Å². The van der Waals surface area contributed by atoms with Gasteiger partial charge in [0.15, 0.2) is 0 Å². The molecule has 23 heavy (non-hydrogen) atoms. The van der Waals surface area contributed by atoms with Crippen molar-refractivity contribution in [3.8, 4) is 0 Å². The number of aryl methyl sites for hydroxylation is 1. The zero-order valence-corrected chi connectivity index (χ0v) is 14.6. The number of sulfonamides is 1. The molecule has 0 aromatic heterocycles. The van der Waals surface area contributed by atoms with E-state index in [0.717, 1.165) is 24.0 Å². The first-order valence-electron chi connectivity index (χ1n) is 7.98. The number of nitro groups is 1. The summed E-state index contributed by atoms with van der Waals surface area (Å²) in [7, 11) is -2.20. The van der Waals surface area contributed by atoms with Crippen LogP contribution in [-0.2, 0) is 16.4 Å². The molecular weight excluding hydrogens is 316 g/mol. The molecule has 1 aromatic carbocycles. The van der Waals surface area contributed by atoms with E-state index in [9.17, 15) is 18.5 Å². The number of benzene rings is 1. The Morgan fingerprint density at radius 1 is 1.39 bits per heavy atom. The van der Waals surface area contributed by atoms with E-state index in [2.05, 4.69) is 0 Å². The summed E-state index contributed by atoms with van der Waals surface area (Å²) >= 11 is 0. The molecule has 128 valence electrons. The molecule has 0 bridgehead atoms. The molecule has 0 N–H and O–H groups in total. The Balaban J connectivity index is 2.27. The van der Waals surface area contributed by atoms with Crippen molar-refractivity contribution in [2.75, 3.05) is 7.05 Å². The highest BCUT2D eigenvalue weighted by Crippen LogP contribution is 2.37. The maximum Gasteiger partial charge on any atom is 0.230 e. The van der Waals surface area contributed by atoms with Crippen molar-refractivity contribution in [1.82, 2.24) is 4.31 Å². The minimum absolute atomic E-state index is 0.229. The van der Waals surface area contributed by atoms with Crippen molar-refractivity contribution in [3.63, 3.8) is 0 Å². The zero-order valence-electron chi connectivity index (χ0n) is 13.8. The van der Waals surface area contributed by atoms with E-state index in [-0.39, 0.29) is 12.5 Å². The lowest BCUT2D eigenvalue weighted by Gasteiger charge is -2.28. The van der Waals surface area contributed by atoms with Gasteiger partial charge in [-0.2, -0.15) is 4.31 Å². The normalized spacial score (nSPS) is 20.3. The van der Waals surface area contributed by atoms with Gasteiger partial charge in [0.05, 0.1) is 0 Å². The molecule has 7 heteroatoms. The van der Waals surface area contributed by atoms with Gasteiger partial charge >= 0.3 is 0 Å². The molecule has 0 fully saturated rings. The van der Waals surface area contributed by atoms with Gasteiger partial charge < -0.3 is 0 Å². The van der Waals surface area contributed by atoms with Crippen molar-refractivity contribution < 1.29 is 13.3 Å². The topological polar surface area (TPSA) is 80.5 Å². The maximum atomic E-state index is 12.9. The van der Waals surface area contributed by atoms with Gasteiger partial charge in [-0.15, -0.1) is 0 Å². The second kappa shape index (κ2) is 6.97. The van der Waals surface area contributed by atoms with Crippen LogP contribution < -0.4 is 0 Å². The van der Waals surface area contributed by atoms with Gasteiger partial charge in [0.1, 0.15) is 5.25 Å². The van der Waals surface area contributed by atoms with Crippen LogP contribution in [0, 0.1) is 10.1 Å². The molecule has 3 atom stereocenters. The highest BCUT2D eigenvalue weighted by molar-refractivity contribution is 7.89. The first-order chi connectivity index (χ1) is 10.8. The average molecular weight is 340 g/mol. The maximum absolute atomic E-state index is 12.9. The average Bonchev–Trinajstić information content (AvgIpc) is 2.94. The summed E-state index contributed by atoms with van der Waals surface area (Å²) in [4.78, 5) is 10.8. The fourth-order valence-corrected chi connectivity index (χ4v) is 5.09. The first kappa shape index (κ1) is 17.9. The van der Waals surface area contributed by atoms with Gasteiger partial charge in [-0.3, -0.25) is 10.1 Å². The molecule has 0 saturated heterocycles. The third-order valence-corrected chi connectivity index (χ3v) is 7.12. The molecule has 0 saturated carbocycles. The molecule has 2 rings (SSSR count). The number of hydrogen-bond donors (Lipinski definition) is 0. The Hall–Kier alpha value is -1.47. The van der Waals surface area contributed by atoms with Crippen molar-refractivity contribution >= 4 is 10.0 Å². The quantitative estimate of drug-likeness (QED) is 0.564. The fourth-order valence-electron chi connectivity index (χ4n) is 3.36. The van der Waals surface area contributed by atoms with E-state index < -0.39 is 26.2 Å². The van der Waals surface area contributed by atoms with Crippen LogP contribution in [0.4, 0.5) is 0 Å². The Morgan fingerprint density at radius 2 is 2.04 bits per heavy atom. The van der Waals surface area contributed by atoms with Crippen molar-refractivity contribution in [2.45, 2.75) is 56.9 Å². The Kier molecular flexibility index (Phi) is 5.41. The van der Waals surface area contributed by atoms with Crippen LogP contribution in [0.25, 0.3) is 0 Å². The first-order valence-corrected chi connectivity index (χ1v) is 9.49. The summed E-state index contributed by atoms with van der Waals surface area (Å²) in [6.45, 7) is 3.28. The summed E-state index contributed by atoms with van der Waals surface area (Å²) in [5.74, 6) is 0. The zero-order chi connectivity index (χ0) is 17.2. The molecule has 1 aliphatic rings. The van der Waals surface area contributed by atoms with Gasteiger partial charge in [-0.1, -0.05) is 31.2 Å². The number of rotatable bonds is 7. The summed E-state index contributed by atoms with van der Waals surface area (Å²) in [6.07, 6.45) is 2.41. The van der Waals surface area contributed by atoms with Crippen molar-refractivity contribution in [2.24, 2.45) is 0 Å². The smallest absolute Gasteiger partial charge is 0.230 e. The molecule has 0 radical (unpaired) electrons. The molecule has 1 aromatic rings. The molecule has 0 aliphatic heterocycles. The summed E-state index contributed by atoms with van der Waals surface area (Å²) in [5, 5.41) is 10.2. The fraction of sp³-hybridized carbons (Fsp3) is 0.625. The van der Waals surface area contributed by atoms with E-state index in [4.69, 9.17) is 0 Å². The molecular formula is C16H24N2O4S. The Morgan fingerprint density at radius 3 is 2.65 bits per heavy atom. The standard InChI is InChI=1S/C16H24N2O4S/c1-4-7-15(18(19)20)12(2)23(21,22)17(3)16-11-10-13-8-5-6-9-14(13)16/h5-6,8-9,12,15-16H,4,7,10-11H2,1-3H3. The van der Waals surface area contributed by atoms with Gasteiger partial charge in [0.2, 0.25) is 16.1 Å². The van der Waals surface area contributed by atoms with Crippen LogP contribution in [0.3, 0.4) is 0 Å². The lowest BCUT2D eigenvalue weighted by atomic mass is 10.1. The van der Waals surface area contributed by atoms with E-state index in [0.29, 0.717) is 6.42 Å². The van der Waals surface area contributed by atoms with Gasteiger partial charge in [0.25, 0.3) is 0 Å². The summed E-state index contributed by atoms with van der Waals surface area (Å²) in [6, 6.07) is 6.51. The molecule has 1 aliphatic carbocycles. The van der Waals surface area contributed by atoms with Crippen LogP contribution in [0.2, 0.25) is 0 Å². The predicted molar refractivity (Wildman–Crippen MR) is 89.3 cm³/mol. The van der Waals surface area contributed by atoms with E-state index >= 15 is 0 Å². The SMILES string of the molecule is CCCC(C(C)S(=O)(=O)N(C)C1CCc2ccccc21)[N+](=O)[O-]. The van der Waals surface area contributed by atoms with E-state index in [1.165, 1.54) is 11.2 Å². The molecule has 0 heterocycles. The number of hydrogen-bond acceptors (Lipinski definition) is 4. The molecule has 3 unspecified atom stereocenters. The minimum Gasteiger partial charge on any atom is -0.264 e. The predicted octanol–water partition coefficient (Wildman–Crippen LogP) is 2.77. The lowest BCUT2D eigenvalue weighted by molar-refractivity contribution is -0.522. The Bertz CT molecular complexity index is 674. The second-order valence-corrected chi connectivity index (χ2v) is 8.51. The molecule has 0 amide bonds. The minimum atomic E-state index is -3.74. The second-order valence-electron chi connectivity index (χ2n) is 6.16. The van der Waals surface area contributed by atoms with Gasteiger partial charge in [-0.25, -0.2) is 8.42 Å². The van der Waals surface area contributed by atoms with Gasteiger partial charge in [0, 0.05) is 24.4 Å². The highest BCUT2D eigenvalue weighted by atomic mass is 32.2. The molecule has 6 nitrogen and oxygen atoms in total. The monoisotopic (exact) mass is 340 g/mol. The number of fused-ring (bicyclic) bond motifs is 1. The lowest BCUT2D eigenvalue weighted by Crippen LogP contribution is -2.45. The molecule has 0 spiro atoms. The third-order valence-electron chi connectivity index (χ3n) is 4.81. The van der Waals surface area contributed by atoms with E-state index in [1.54, 1.807) is 7.05 Å². The van der Waals surface area contributed by atoms with Crippen molar-refractivity contribution in [3.05, 3.63) is 45.5 Å². The highest BCUT2D eigenvalue weighted by Gasteiger charge is 2.42. The van der Waals surface area contributed by atoms with Crippen LogP contribution in [-0.4, -0.2) is 36.0 Å². The van der Waals surface area contributed by atoms with Crippen LogP contribution >= 0.6 is 0 Å². The third kappa shape index (κ3) is 3.40. The van der Waals surface area contributed by atoms with Crippen molar-refractivity contribution in [1.29, 1.82) is 0 Å². The van der Waals surface area contributed by atoms with Crippen LogP contribution in [0.1, 0.15) is 50.3 Å². The van der Waals surface area contributed by atoms with E-state index in [1.807, 2.05) is 31.2 Å². The summed E-state index contributed by atoms with van der Waals surface area (Å²) < 4.78 is 27.1.